The normalized spacial score (nSPS) is 21.8. The molecule has 1 aromatic rings. The molecule has 7 nitrogen and oxygen atoms in total. The average Bonchev–Trinajstić information content (AvgIpc) is 3.13. The lowest BCUT2D eigenvalue weighted by molar-refractivity contribution is -0.385. The number of ether oxygens (including phenoxy) is 1. The van der Waals surface area contributed by atoms with Gasteiger partial charge in [-0.1, -0.05) is 12.1 Å². The Morgan fingerprint density at radius 2 is 2.04 bits per heavy atom. The number of hydrogen-bond acceptors (Lipinski definition) is 5. The molecule has 0 saturated carbocycles. The Labute approximate surface area is 147 Å². The molecular formula is C18H23N3O4. The van der Waals surface area contributed by atoms with Crippen LogP contribution in [0.4, 0.5) is 5.69 Å². The van der Waals surface area contributed by atoms with E-state index in [2.05, 4.69) is 4.90 Å². The molecule has 2 fully saturated rings. The summed E-state index contributed by atoms with van der Waals surface area (Å²) in [5, 5.41) is 11.0. The summed E-state index contributed by atoms with van der Waals surface area (Å²) in [6, 6.07) is 6.42. The topological polar surface area (TPSA) is 75.9 Å². The van der Waals surface area contributed by atoms with E-state index >= 15 is 0 Å². The summed E-state index contributed by atoms with van der Waals surface area (Å²) in [5.74, 6) is -0.102. The van der Waals surface area contributed by atoms with Gasteiger partial charge in [0.2, 0.25) is 5.91 Å². The standard InChI is InChI=1S/C18H23N3O4/c22-18(8-7-15-4-1-2-6-17(15)21(23)24)20-11-9-19(10-12-20)14-16-5-3-13-25-16/h1-2,4,6-8,16H,3,5,9-14H2/b8-7+. The van der Waals surface area contributed by atoms with Gasteiger partial charge in [0.05, 0.1) is 16.6 Å². The Morgan fingerprint density at radius 3 is 2.72 bits per heavy atom. The quantitative estimate of drug-likeness (QED) is 0.463. The summed E-state index contributed by atoms with van der Waals surface area (Å²) in [7, 11) is 0. The molecule has 25 heavy (non-hydrogen) atoms. The Morgan fingerprint density at radius 1 is 1.28 bits per heavy atom. The van der Waals surface area contributed by atoms with Gasteiger partial charge in [0.15, 0.2) is 0 Å². The summed E-state index contributed by atoms with van der Waals surface area (Å²) in [6.45, 7) is 4.82. The zero-order valence-electron chi connectivity index (χ0n) is 14.2. The number of amides is 1. The van der Waals surface area contributed by atoms with E-state index < -0.39 is 4.92 Å². The van der Waals surface area contributed by atoms with Crippen molar-refractivity contribution < 1.29 is 14.5 Å². The van der Waals surface area contributed by atoms with Gasteiger partial charge in [-0.05, 0) is 25.0 Å². The minimum Gasteiger partial charge on any atom is -0.377 e. The van der Waals surface area contributed by atoms with Crippen molar-refractivity contribution >= 4 is 17.7 Å². The first-order chi connectivity index (χ1) is 12.1. The number of benzene rings is 1. The Kier molecular flexibility index (Phi) is 5.78. The van der Waals surface area contributed by atoms with Crippen LogP contribution in [0, 0.1) is 10.1 Å². The van der Waals surface area contributed by atoms with Gasteiger partial charge in [0.25, 0.3) is 5.69 Å². The van der Waals surface area contributed by atoms with Crippen LogP contribution in [-0.2, 0) is 9.53 Å². The van der Waals surface area contributed by atoms with Crippen molar-refractivity contribution in [2.75, 3.05) is 39.3 Å². The van der Waals surface area contributed by atoms with Crippen LogP contribution in [0.2, 0.25) is 0 Å². The van der Waals surface area contributed by atoms with E-state index in [0.29, 0.717) is 24.8 Å². The molecule has 2 aliphatic heterocycles. The third kappa shape index (κ3) is 4.64. The first-order valence-electron chi connectivity index (χ1n) is 8.68. The van der Waals surface area contributed by atoms with Gasteiger partial charge in [-0.15, -0.1) is 0 Å². The largest absolute Gasteiger partial charge is 0.377 e. The maximum atomic E-state index is 12.3. The van der Waals surface area contributed by atoms with E-state index in [0.717, 1.165) is 39.1 Å². The third-order valence-electron chi connectivity index (χ3n) is 4.71. The summed E-state index contributed by atoms with van der Waals surface area (Å²) in [5.41, 5.74) is 0.450. The van der Waals surface area contributed by atoms with Crippen LogP contribution >= 0.6 is 0 Å². The van der Waals surface area contributed by atoms with Gasteiger partial charge < -0.3 is 9.64 Å². The molecule has 1 aromatic carbocycles. The zero-order chi connectivity index (χ0) is 17.6. The SMILES string of the molecule is O=C(/C=C/c1ccccc1[N+](=O)[O-])N1CCN(CC2CCCO2)CC1. The van der Waals surface area contributed by atoms with Crippen LogP contribution in [-0.4, -0.2) is 66.1 Å². The molecule has 0 aliphatic carbocycles. The fraction of sp³-hybridized carbons (Fsp3) is 0.500. The number of carbonyl (C=O) groups is 1. The lowest BCUT2D eigenvalue weighted by Crippen LogP contribution is -2.50. The molecule has 0 radical (unpaired) electrons. The predicted octanol–water partition coefficient (Wildman–Crippen LogP) is 1.93. The highest BCUT2D eigenvalue weighted by Crippen LogP contribution is 2.19. The van der Waals surface area contributed by atoms with E-state index in [1.54, 1.807) is 23.1 Å². The van der Waals surface area contributed by atoms with Crippen molar-refractivity contribution in [1.82, 2.24) is 9.80 Å². The van der Waals surface area contributed by atoms with E-state index in [9.17, 15) is 14.9 Å². The molecule has 1 amide bonds. The number of para-hydroxylation sites is 1. The van der Waals surface area contributed by atoms with E-state index in [4.69, 9.17) is 4.74 Å². The summed E-state index contributed by atoms with van der Waals surface area (Å²) in [6.07, 6.45) is 5.55. The number of rotatable bonds is 5. The third-order valence-corrected chi connectivity index (χ3v) is 4.71. The molecule has 1 unspecified atom stereocenters. The molecule has 3 rings (SSSR count). The minimum absolute atomic E-state index is 0.00735. The minimum atomic E-state index is -0.436. The second kappa shape index (κ2) is 8.22. The highest BCUT2D eigenvalue weighted by Gasteiger charge is 2.24. The maximum absolute atomic E-state index is 12.3. The van der Waals surface area contributed by atoms with Crippen LogP contribution < -0.4 is 0 Å². The summed E-state index contributed by atoms with van der Waals surface area (Å²) < 4.78 is 5.66. The molecule has 0 spiro atoms. The number of nitro groups is 1. The molecule has 2 aliphatic rings. The van der Waals surface area contributed by atoms with Crippen molar-refractivity contribution in [2.45, 2.75) is 18.9 Å². The van der Waals surface area contributed by atoms with E-state index in [1.165, 1.54) is 18.2 Å². The second-order valence-corrected chi connectivity index (χ2v) is 6.41. The fourth-order valence-corrected chi connectivity index (χ4v) is 3.29. The number of nitro benzene ring substituents is 1. The maximum Gasteiger partial charge on any atom is 0.276 e. The smallest absolute Gasteiger partial charge is 0.276 e. The summed E-state index contributed by atoms with van der Waals surface area (Å²) >= 11 is 0. The van der Waals surface area contributed by atoms with E-state index in [-0.39, 0.29) is 11.6 Å². The van der Waals surface area contributed by atoms with Gasteiger partial charge in [0, 0.05) is 51.5 Å². The fourth-order valence-electron chi connectivity index (χ4n) is 3.29. The molecule has 134 valence electrons. The molecule has 0 aromatic heterocycles. The van der Waals surface area contributed by atoms with Crippen LogP contribution in [0.3, 0.4) is 0 Å². The molecule has 2 heterocycles. The highest BCUT2D eigenvalue weighted by molar-refractivity contribution is 5.92. The molecular weight excluding hydrogens is 322 g/mol. The Balaban J connectivity index is 1.52. The highest BCUT2D eigenvalue weighted by atomic mass is 16.6. The Bertz CT molecular complexity index is 647. The first-order valence-corrected chi connectivity index (χ1v) is 8.68. The molecule has 7 heteroatoms. The van der Waals surface area contributed by atoms with Crippen LogP contribution in [0.25, 0.3) is 6.08 Å². The molecule has 2 saturated heterocycles. The van der Waals surface area contributed by atoms with Gasteiger partial charge in [-0.2, -0.15) is 0 Å². The summed E-state index contributed by atoms with van der Waals surface area (Å²) in [4.78, 5) is 27.0. The van der Waals surface area contributed by atoms with Crippen LogP contribution in [0.1, 0.15) is 18.4 Å². The zero-order valence-corrected chi connectivity index (χ0v) is 14.2. The van der Waals surface area contributed by atoms with Crippen molar-refractivity contribution in [3.8, 4) is 0 Å². The predicted molar refractivity (Wildman–Crippen MR) is 94.1 cm³/mol. The molecule has 0 bridgehead atoms. The number of piperazine rings is 1. The molecule has 1 atom stereocenters. The average molecular weight is 345 g/mol. The van der Waals surface area contributed by atoms with Crippen molar-refractivity contribution in [3.63, 3.8) is 0 Å². The lowest BCUT2D eigenvalue weighted by Gasteiger charge is -2.35. The first kappa shape index (κ1) is 17.6. The number of carbonyl (C=O) groups excluding carboxylic acids is 1. The number of nitrogens with zero attached hydrogens (tertiary/aromatic N) is 3. The van der Waals surface area contributed by atoms with Crippen molar-refractivity contribution in [1.29, 1.82) is 0 Å². The second-order valence-electron chi connectivity index (χ2n) is 6.41. The monoisotopic (exact) mass is 345 g/mol. The molecule has 0 N–H and O–H groups in total. The van der Waals surface area contributed by atoms with Gasteiger partial charge in [-0.3, -0.25) is 19.8 Å². The van der Waals surface area contributed by atoms with Gasteiger partial charge in [-0.25, -0.2) is 0 Å². The van der Waals surface area contributed by atoms with Crippen molar-refractivity contribution in [3.05, 3.63) is 46.0 Å². The van der Waals surface area contributed by atoms with E-state index in [1.807, 2.05) is 0 Å². The number of hydrogen-bond donors (Lipinski definition) is 0. The van der Waals surface area contributed by atoms with Crippen molar-refractivity contribution in [2.24, 2.45) is 0 Å². The van der Waals surface area contributed by atoms with Gasteiger partial charge >= 0.3 is 0 Å². The van der Waals surface area contributed by atoms with Crippen LogP contribution in [0.15, 0.2) is 30.3 Å². The van der Waals surface area contributed by atoms with Gasteiger partial charge in [0.1, 0.15) is 0 Å². The lowest BCUT2D eigenvalue weighted by atomic mass is 10.1. The Hall–Kier alpha value is -2.25. The van der Waals surface area contributed by atoms with Crippen LogP contribution in [0.5, 0.6) is 0 Å².